The van der Waals surface area contributed by atoms with Crippen LogP contribution in [-0.4, -0.2) is 34.1 Å². The Kier molecular flexibility index (Phi) is 5.90. The molecule has 0 saturated carbocycles. The quantitative estimate of drug-likeness (QED) is 0.532. The van der Waals surface area contributed by atoms with Gasteiger partial charge in [-0.3, -0.25) is 19.7 Å². The van der Waals surface area contributed by atoms with Crippen molar-refractivity contribution in [3.05, 3.63) is 35.4 Å². The van der Waals surface area contributed by atoms with Gasteiger partial charge in [-0.2, -0.15) is 0 Å². The molecule has 2 aliphatic rings. The van der Waals surface area contributed by atoms with E-state index in [2.05, 4.69) is 11.4 Å². The minimum Gasteiger partial charge on any atom is -0.327 e. The Hall–Kier alpha value is -0.812. The maximum Gasteiger partial charge on any atom is 0.251 e. The summed E-state index contributed by atoms with van der Waals surface area (Å²) in [4.78, 5) is 48.9. The van der Waals surface area contributed by atoms with E-state index in [1.807, 2.05) is 0 Å². The first-order valence-electron chi connectivity index (χ1n) is 6.19. The molecule has 1 fully saturated rings. The van der Waals surface area contributed by atoms with E-state index in [4.69, 9.17) is 0 Å². The number of nitrogens with one attached hydrogen (secondary N) is 1. The van der Waals surface area contributed by atoms with Gasteiger partial charge in [0.25, 0.3) is 5.91 Å². The van der Waals surface area contributed by atoms with Crippen molar-refractivity contribution in [3.63, 3.8) is 0 Å². The molecule has 6 nitrogen and oxygen atoms in total. The molecule has 1 saturated heterocycles. The molecule has 2 aliphatic heterocycles. The largest absolute Gasteiger partial charge is 0.327 e. The summed E-state index contributed by atoms with van der Waals surface area (Å²) in [5.74, 6) is -2.08. The van der Waals surface area contributed by atoms with Crippen molar-refractivity contribution >= 4 is 23.6 Å². The summed E-state index contributed by atoms with van der Waals surface area (Å²) < 4.78 is 0. The van der Waals surface area contributed by atoms with Gasteiger partial charge in [0.15, 0.2) is 5.91 Å². The van der Waals surface area contributed by atoms with E-state index in [1.54, 1.807) is 12.1 Å². The number of benzene rings is 1. The number of hydrogen-bond donors (Lipinski definition) is 1. The van der Waals surface area contributed by atoms with Gasteiger partial charge in [0.2, 0.25) is 11.8 Å². The standard InChI is InChI=1S/C14H11N2O4.V.Y/c1-14(7-6-10(17)15-13(14)20)16-11(18)8-4-2-3-5-9(8)12(16)19;;/h2-4H,6-7H2,1H3,(H,15,17,20);;/q-1;;. The Morgan fingerprint density at radius 3 is 2.50 bits per heavy atom. The normalized spacial score (nSPS) is 23.4. The van der Waals surface area contributed by atoms with Crippen LogP contribution < -0.4 is 5.32 Å². The predicted molar refractivity (Wildman–Crippen MR) is 66.6 cm³/mol. The van der Waals surface area contributed by atoms with Crippen LogP contribution in [0.4, 0.5) is 0 Å². The summed E-state index contributed by atoms with van der Waals surface area (Å²) in [6.45, 7) is 1.50. The third-order valence-corrected chi connectivity index (χ3v) is 3.78. The van der Waals surface area contributed by atoms with E-state index < -0.39 is 29.2 Å². The summed E-state index contributed by atoms with van der Waals surface area (Å²) in [7, 11) is 0. The van der Waals surface area contributed by atoms with Crippen LogP contribution >= 0.6 is 0 Å². The number of imide groups is 2. The fourth-order valence-corrected chi connectivity index (χ4v) is 2.57. The van der Waals surface area contributed by atoms with Crippen molar-refractivity contribution < 1.29 is 70.4 Å². The van der Waals surface area contributed by atoms with E-state index in [0.29, 0.717) is 0 Å². The topological polar surface area (TPSA) is 83.6 Å². The maximum atomic E-state index is 12.4. The number of hydrogen-bond acceptors (Lipinski definition) is 4. The monoisotopic (exact) mass is 411 g/mol. The molecule has 4 amide bonds. The number of carbonyl (C=O) groups is 4. The van der Waals surface area contributed by atoms with Crippen LogP contribution in [0.25, 0.3) is 0 Å². The molecule has 3 rings (SSSR count). The molecule has 22 heavy (non-hydrogen) atoms. The first-order chi connectivity index (χ1) is 9.45. The summed E-state index contributed by atoms with van der Waals surface area (Å²) in [6, 6.07) is 7.41. The summed E-state index contributed by atoms with van der Waals surface area (Å²) in [5, 5.41) is 2.18. The molecule has 1 unspecified atom stereocenters. The second kappa shape index (κ2) is 6.75. The van der Waals surface area contributed by atoms with Gasteiger partial charge in [0.1, 0.15) is 5.54 Å². The van der Waals surface area contributed by atoms with Gasteiger partial charge in [-0.15, -0.1) is 24.3 Å². The van der Waals surface area contributed by atoms with E-state index in [1.165, 1.54) is 13.0 Å². The second-order valence-electron chi connectivity index (χ2n) is 5.06. The predicted octanol–water partition coefficient (Wildman–Crippen LogP) is 0.273. The van der Waals surface area contributed by atoms with Crippen molar-refractivity contribution in [2.75, 3.05) is 0 Å². The summed E-state index contributed by atoms with van der Waals surface area (Å²) in [5.41, 5.74) is -0.929. The summed E-state index contributed by atoms with van der Waals surface area (Å²) >= 11 is 0. The van der Waals surface area contributed by atoms with Crippen molar-refractivity contribution in [1.29, 1.82) is 0 Å². The molecule has 1 N–H and O–H groups in total. The number of amides is 4. The fraction of sp³-hybridized carbons (Fsp3) is 0.286. The molecule has 2 radical (unpaired) electrons. The van der Waals surface area contributed by atoms with E-state index >= 15 is 0 Å². The smallest absolute Gasteiger partial charge is 0.251 e. The van der Waals surface area contributed by atoms with Crippen LogP contribution in [0.3, 0.4) is 0 Å². The van der Waals surface area contributed by atoms with Crippen molar-refractivity contribution in [3.8, 4) is 0 Å². The van der Waals surface area contributed by atoms with Crippen LogP contribution in [0, 0.1) is 6.07 Å². The molecule has 1 aromatic rings. The van der Waals surface area contributed by atoms with Crippen LogP contribution in [0.2, 0.25) is 0 Å². The molecule has 110 valence electrons. The molecular formula is C14H11N2O4VY-. The Morgan fingerprint density at radius 2 is 1.91 bits per heavy atom. The molecule has 1 aromatic carbocycles. The molecule has 0 aromatic heterocycles. The van der Waals surface area contributed by atoms with Crippen molar-refractivity contribution in [1.82, 2.24) is 10.2 Å². The van der Waals surface area contributed by atoms with E-state index in [0.717, 1.165) is 4.90 Å². The fourth-order valence-electron chi connectivity index (χ4n) is 2.57. The zero-order valence-electron chi connectivity index (χ0n) is 11.8. The Balaban J connectivity index is 0.00000121. The van der Waals surface area contributed by atoms with Gasteiger partial charge in [0, 0.05) is 57.7 Å². The van der Waals surface area contributed by atoms with Crippen LogP contribution in [-0.2, 0) is 60.9 Å². The zero-order chi connectivity index (χ0) is 14.5. The molecular weight excluding hydrogens is 400 g/mol. The van der Waals surface area contributed by atoms with Gasteiger partial charge in [0.05, 0.1) is 0 Å². The van der Waals surface area contributed by atoms with Gasteiger partial charge in [-0.25, -0.2) is 0 Å². The number of nitrogens with zero attached hydrogens (tertiary/aromatic N) is 1. The first kappa shape index (κ1) is 19.2. The molecule has 1 atom stereocenters. The minimum absolute atomic E-state index is 0. The Labute approximate surface area is 164 Å². The van der Waals surface area contributed by atoms with Crippen LogP contribution in [0.15, 0.2) is 18.2 Å². The van der Waals surface area contributed by atoms with Gasteiger partial charge in [-0.05, 0) is 18.9 Å². The average Bonchev–Trinajstić information content (AvgIpc) is 2.68. The van der Waals surface area contributed by atoms with Crippen LogP contribution in [0.1, 0.15) is 40.5 Å². The van der Waals surface area contributed by atoms with E-state index in [-0.39, 0.29) is 75.2 Å². The SMILES string of the molecule is CC1(N2C(=O)c3[c-]cccc3C2=O)CCC(=O)NC1=O.[V].[Y]. The third kappa shape index (κ3) is 2.73. The second-order valence-corrected chi connectivity index (χ2v) is 5.06. The molecule has 2 heterocycles. The third-order valence-electron chi connectivity index (χ3n) is 3.78. The van der Waals surface area contributed by atoms with E-state index in [9.17, 15) is 19.2 Å². The van der Waals surface area contributed by atoms with Gasteiger partial charge < -0.3 is 9.69 Å². The first-order valence-corrected chi connectivity index (χ1v) is 6.19. The number of rotatable bonds is 1. The minimum atomic E-state index is -1.34. The van der Waals surface area contributed by atoms with Crippen molar-refractivity contribution in [2.45, 2.75) is 25.3 Å². The number of piperidine rings is 1. The molecule has 0 aliphatic carbocycles. The maximum absolute atomic E-state index is 12.4. The Bertz CT molecular complexity index is 644. The molecule has 8 heteroatoms. The number of carbonyl (C=O) groups excluding carboxylic acids is 4. The van der Waals surface area contributed by atoms with Crippen molar-refractivity contribution in [2.24, 2.45) is 0 Å². The van der Waals surface area contributed by atoms with Gasteiger partial charge in [-0.1, -0.05) is 5.56 Å². The zero-order valence-corrected chi connectivity index (χ0v) is 16.0. The van der Waals surface area contributed by atoms with Crippen LogP contribution in [0.5, 0.6) is 0 Å². The average molecular weight is 411 g/mol. The summed E-state index contributed by atoms with van der Waals surface area (Å²) in [6.07, 6.45) is 0.225. The van der Waals surface area contributed by atoms with Gasteiger partial charge >= 0.3 is 0 Å². The molecule has 0 bridgehead atoms. The molecule has 0 spiro atoms. The number of fused-ring (bicyclic) bond motifs is 1. The Morgan fingerprint density at radius 1 is 1.23 bits per heavy atom.